The maximum Gasteiger partial charge on any atom is 0.0465 e. The summed E-state index contributed by atoms with van der Waals surface area (Å²) in [6, 6.07) is 5.54. The Kier molecular flexibility index (Phi) is 5.02. The van der Waals surface area contributed by atoms with Crippen LogP contribution >= 0.6 is 23.2 Å². The first-order valence-electron chi connectivity index (χ1n) is 4.49. The minimum atomic E-state index is 0.671. The molecule has 1 aromatic rings. The van der Waals surface area contributed by atoms with Gasteiger partial charge < -0.3 is 5.32 Å². The Morgan fingerprint density at radius 2 is 2.14 bits per heavy atom. The molecule has 0 saturated carbocycles. The molecular formula is C11H13Cl2N. The smallest absolute Gasteiger partial charge is 0.0465 e. The van der Waals surface area contributed by atoms with Gasteiger partial charge in [-0.2, -0.15) is 0 Å². The highest BCUT2D eigenvalue weighted by Crippen LogP contribution is 2.20. The van der Waals surface area contributed by atoms with Gasteiger partial charge >= 0.3 is 0 Å². The fraction of sp³-hybridized carbons (Fsp3) is 0.273. The van der Waals surface area contributed by atoms with E-state index >= 15 is 0 Å². The molecule has 76 valence electrons. The number of rotatable bonds is 5. The molecule has 0 bridgehead atoms. The van der Waals surface area contributed by atoms with Gasteiger partial charge in [0.1, 0.15) is 0 Å². The van der Waals surface area contributed by atoms with E-state index in [0.29, 0.717) is 10.0 Å². The lowest BCUT2D eigenvalue weighted by atomic mass is 10.2. The van der Waals surface area contributed by atoms with E-state index in [9.17, 15) is 0 Å². The Bertz CT molecular complexity index is 310. The van der Waals surface area contributed by atoms with Crippen molar-refractivity contribution >= 4 is 23.2 Å². The molecule has 1 rings (SSSR count). The predicted molar refractivity (Wildman–Crippen MR) is 63.0 cm³/mol. The van der Waals surface area contributed by atoms with E-state index in [1.807, 2.05) is 18.2 Å². The summed E-state index contributed by atoms with van der Waals surface area (Å²) in [5, 5.41) is 4.65. The molecule has 0 aliphatic rings. The van der Waals surface area contributed by atoms with Gasteiger partial charge in [0.2, 0.25) is 0 Å². The maximum atomic E-state index is 6.00. The van der Waals surface area contributed by atoms with Gasteiger partial charge in [0.15, 0.2) is 0 Å². The van der Waals surface area contributed by atoms with Crippen LogP contribution in [0.1, 0.15) is 12.0 Å². The van der Waals surface area contributed by atoms with E-state index in [0.717, 1.165) is 25.1 Å². The Labute approximate surface area is 94.7 Å². The Hall–Kier alpha value is -0.500. The second-order valence-corrected chi connectivity index (χ2v) is 3.83. The van der Waals surface area contributed by atoms with E-state index in [4.69, 9.17) is 23.2 Å². The normalized spacial score (nSPS) is 10.1. The Morgan fingerprint density at radius 1 is 1.36 bits per heavy atom. The Balaban J connectivity index is 2.46. The molecule has 1 aromatic carbocycles. The van der Waals surface area contributed by atoms with Crippen LogP contribution in [-0.4, -0.2) is 6.54 Å². The molecule has 0 saturated heterocycles. The molecule has 14 heavy (non-hydrogen) atoms. The fourth-order valence-electron chi connectivity index (χ4n) is 1.09. The van der Waals surface area contributed by atoms with Crippen LogP contribution in [0.2, 0.25) is 10.0 Å². The van der Waals surface area contributed by atoms with Crippen molar-refractivity contribution in [3.63, 3.8) is 0 Å². The topological polar surface area (TPSA) is 12.0 Å². The van der Waals surface area contributed by atoms with Gasteiger partial charge in [0.05, 0.1) is 0 Å². The Morgan fingerprint density at radius 3 is 2.79 bits per heavy atom. The molecule has 0 aliphatic carbocycles. The lowest BCUT2D eigenvalue weighted by Crippen LogP contribution is -2.14. The highest BCUT2D eigenvalue weighted by atomic mass is 35.5. The van der Waals surface area contributed by atoms with E-state index < -0.39 is 0 Å². The number of benzene rings is 1. The van der Waals surface area contributed by atoms with E-state index in [-0.39, 0.29) is 0 Å². The van der Waals surface area contributed by atoms with Crippen LogP contribution in [0, 0.1) is 0 Å². The quantitative estimate of drug-likeness (QED) is 0.601. The molecule has 1 nitrogen and oxygen atoms in total. The summed E-state index contributed by atoms with van der Waals surface area (Å²) in [4.78, 5) is 0. The van der Waals surface area contributed by atoms with Crippen LogP contribution < -0.4 is 5.32 Å². The second kappa shape index (κ2) is 6.07. The van der Waals surface area contributed by atoms with Crippen molar-refractivity contribution in [3.8, 4) is 0 Å². The molecule has 0 aliphatic heterocycles. The molecule has 0 fully saturated rings. The van der Waals surface area contributed by atoms with Gasteiger partial charge in [0, 0.05) is 16.6 Å². The van der Waals surface area contributed by atoms with Crippen LogP contribution in [0.25, 0.3) is 0 Å². The summed E-state index contributed by atoms with van der Waals surface area (Å²) in [5.41, 5.74) is 1.07. The minimum absolute atomic E-state index is 0.671. The lowest BCUT2D eigenvalue weighted by molar-refractivity contribution is 0.696. The van der Waals surface area contributed by atoms with Crippen LogP contribution in [-0.2, 0) is 6.54 Å². The van der Waals surface area contributed by atoms with Gasteiger partial charge in [-0.05, 0) is 30.7 Å². The summed E-state index contributed by atoms with van der Waals surface area (Å²) in [6.07, 6.45) is 2.85. The third-order valence-corrected chi connectivity index (χ3v) is 2.44. The van der Waals surface area contributed by atoms with Crippen molar-refractivity contribution < 1.29 is 0 Å². The maximum absolute atomic E-state index is 6.00. The van der Waals surface area contributed by atoms with E-state index in [2.05, 4.69) is 11.9 Å². The average molecular weight is 230 g/mol. The number of halogens is 2. The fourth-order valence-corrected chi connectivity index (χ4v) is 1.57. The molecule has 0 heterocycles. The van der Waals surface area contributed by atoms with Gasteiger partial charge in [-0.15, -0.1) is 6.58 Å². The lowest BCUT2D eigenvalue weighted by Gasteiger charge is -2.05. The van der Waals surface area contributed by atoms with Crippen LogP contribution in [0.4, 0.5) is 0 Å². The summed E-state index contributed by atoms with van der Waals surface area (Å²) in [7, 11) is 0. The third kappa shape index (κ3) is 3.70. The first kappa shape index (κ1) is 11.6. The number of hydrogen-bond acceptors (Lipinski definition) is 1. The molecule has 0 atom stereocenters. The predicted octanol–water partition coefficient (Wildman–Crippen LogP) is 3.66. The average Bonchev–Trinajstić information content (AvgIpc) is 2.15. The van der Waals surface area contributed by atoms with E-state index in [1.54, 1.807) is 6.07 Å². The number of hydrogen-bond donors (Lipinski definition) is 1. The van der Waals surface area contributed by atoms with Gasteiger partial charge in [-0.1, -0.05) is 35.3 Å². The SMILES string of the molecule is C=CCCNCc1ccc(Cl)cc1Cl. The summed E-state index contributed by atoms with van der Waals surface area (Å²) in [5.74, 6) is 0. The molecule has 0 unspecified atom stereocenters. The second-order valence-electron chi connectivity index (χ2n) is 2.99. The zero-order chi connectivity index (χ0) is 10.4. The summed E-state index contributed by atoms with van der Waals surface area (Å²) >= 11 is 11.8. The van der Waals surface area contributed by atoms with Crippen molar-refractivity contribution in [1.29, 1.82) is 0 Å². The van der Waals surface area contributed by atoms with Crippen LogP contribution in [0.3, 0.4) is 0 Å². The van der Waals surface area contributed by atoms with Gasteiger partial charge in [0.25, 0.3) is 0 Å². The van der Waals surface area contributed by atoms with Gasteiger partial charge in [-0.25, -0.2) is 0 Å². The molecule has 0 amide bonds. The highest BCUT2D eigenvalue weighted by Gasteiger charge is 1.99. The van der Waals surface area contributed by atoms with Crippen LogP contribution in [0.5, 0.6) is 0 Å². The van der Waals surface area contributed by atoms with Crippen molar-refractivity contribution in [1.82, 2.24) is 5.32 Å². The largest absolute Gasteiger partial charge is 0.312 e. The molecule has 3 heteroatoms. The standard InChI is InChI=1S/C11H13Cl2N/c1-2-3-6-14-8-9-4-5-10(12)7-11(9)13/h2,4-5,7,14H,1,3,6,8H2. The molecule has 0 radical (unpaired) electrons. The minimum Gasteiger partial charge on any atom is -0.312 e. The zero-order valence-electron chi connectivity index (χ0n) is 7.89. The third-order valence-electron chi connectivity index (χ3n) is 1.86. The zero-order valence-corrected chi connectivity index (χ0v) is 9.41. The van der Waals surface area contributed by atoms with Crippen molar-refractivity contribution in [2.75, 3.05) is 6.54 Å². The molecule has 1 N–H and O–H groups in total. The van der Waals surface area contributed by atoms with E-state index in [1.165, 1.54) is 0 Å². The molecular weight excluding hydrogens is 217 g/mol. The van der Waals surface area contributed by atoms with Crippen molar-refractivity contribution in [3.05, 3.63) is 46.5 Å². The first-order chi connectivity index (χ1) is 6.74. The van der Waals surface area contributed by atoms with Gasteiger partial charge in [-0.3, -0.25) is 0 Å². The monoisotopic (exact) mass is 229 g/mol. The van der Waals surface area contributed by atoms with Crippen molar-refractivity contribution in [2.45, 2.75) is 13.0 Å². The number of nitrogens with one attached hydrogen (secondary N) is 1. The summed E-state index contributed by atoms with van der Waals surface area (Å²) < 4.78 is 0. The highest BCUT2D eigenvalue weighted by molar-refractivity contribution is 6.35. The van der Waals surface area contributed by atoms with Crippen molar-refractivity contribution in [2.24, 2.45) is 0 Å². The summed E-state index contributed by atoms with van der Waals surface area (Å²) in [6.45, 7) is 5.34. The van der Waals surface area contributed by atoms with Crippen LogP contribution in [0.15, 0.2) is 30.9 Å². The molecule has 0 aromatic heterocycles. The first-order valence-corrected chi connectivity index (χ1v) is 5.25. The molecule has 0 spiro atoms.